The molecule has 0 radical (unpaired) electrons. The van der Waals surface area contributed by atoms with Crippen molar-refractivity contribution in [3.05, 3.63) is 0 Å². The summed E-state index contributed by atoms with van der Waals surface area (Å²) in [7, 11) is 1.66. The smallest absolute Gasteiger partial charge is 0.262 e. The molecule has 2 aliphatic rings. The number of carbonyl (C=O) groups excluding carboxylic acids is 1. The molecule has 2 aliphatic heterocycles. The standard InChI is InChI=1S/C13H23F2N3O2.2ClH/c1-10-8-18(4-3-17(10)5-6-20-2)12(19)11-7-13(14,15)9-16-11;;/h10-11,16H,3-9H2,1-2H3;2*1H. The Kier molecular flexibility index (Phi) is 9.09. The van der Waals surface area contributed by atoms with Crippen LogP contribution >= 0.6 is 24.8 Å². The Bertz CT molecular complexity index is 364. The summed E-state index contributed by atoms with van der Waals surface area (Å²) in [5.41, 5.74) is 0. The van der Waals surface area contributed by atoms with E-state index in [4.69, 9.17) is 4.74 Å². The van der Waals surface area contributed by atoms with E-state index in [9.17, 15) is 13.6 Å². The van der Waals surface area contributed by atoms with Crippen LogP contribution in [0.3, 0.4) is 0 Å². The summed E-state index contributed by atoms with van der Waals surface area (Å²) in [4.78, 5) is 16.2. The lowest BCUT2D eigenvalue weighted by atomic mass is 10.1. The van der Waals surface area contributed by atoms with Gasteiger partial charge < -0.3 is 9.64 Å². The summed E-state index contributed by atoms with van der Waals surface area (Å²) in [5, 5.41) is 2.63. The van der Waals surface area contributed by atoms with E-state index in [-0.39, 0.29) is 43.2 Å². The zero-order valence-electron chi connectivity index (χ0n) is 12.9. The molecule has 132 valence electrons. The number of halogens is 4. The van der Waals surface area contributed by atoms with E-state index < -0.39 is 18.5 Å². The molecule has 22 heavy (non-hydrogen) atoms. The first-order valence-corrected chi connectivity index (χ1v) is 7.06. The van der Waals surface area contributed by atoms with Crippen LogP contribution in [0.1, 0.15) is 13.3 Å². The zero-order valence-corrected chi connectivity index (χ0v) is 14.5. The highest BCUT2D eigenvalue weighted by Crippen LogP contribution is 2.26. The molecule has 0 saturated carbocycles. The van der Waals surface area contributed by atoms with Gasteiger partial charge in [0, 0.05) is 45.8 Å². The largest absolute Gasteiger partial charge is 0.383 e. The van der Waals surface area contributed by atoms with Gasteiger partial charge in [-0.2, -0.15) is 0 Å². The molecule has 5 nitrogen and oxygen atoms in total. The first kappa shape index (κ1) is 21.8. The van der Waals surface area contributed by atoms with Gasteiger partial charge in [0.05, 0.1) is 19.2 Å². The fraction of sp³-hybridized carbons (Fsp3) is 0.923. The molecule has 0 aliphatic carbocycles. The van der Waals surface area contributed by atoms with Crippen molar-refractivity contribution >= 4 is 30.7 Å². The summed E-state index contributed by atoms with van der Waals surface area (Å²) in [6.45, 7) is 5.09. The summed E-state index contributed by atoms with van der Waals surface area (Å²) in [5.74, 6) is -2.95. The topological polar surface area (TPSA) is 44.8 Å². The van der Waals surface area contributed by atoms with Crippen LogP contribution in [0.4, 0.5) is 8.78 Å². The second kappa shape index (κ2) is 9.17. The SMILES string of the molecule is COCCN1CCN(C(=O)C2CC(F)(F)CN2)CC1C.Cl.Cl. The van der Waals surface area contributed by atoms with Crippen molar-refractivity contribution < 1.29 is 18.3 Å². The van der Waals surface area contributed by atoms with E-state index in [1.54, 1.807) is 12.0 Å². The van der Waals surface area contributed by atoms with Crippen LogP contribution in [0, 0.1) is 0 Å². The number of methoxy groups -OCH3 is 1. The first-order chi connectivity index (χ1) is 9.43. The van der Waals surface area contributed by atoms with E-state index in [1.165, 1.54) is 0 Å². The van der Waals surface area contributed by atoms with Gasteiger partial charge in [-0.05, 0) is 6.92 Å². The van der Waals surface area contributed by atoms with Crippen LogP contribution in [0.2, 0.25) is 0 Å². The Morgan fingerprint density at radius 1 is 1.36 bits per heavy atom. The molecule has 2 heterocycles. The third-order valence-electron chi connectivity index (χ3n) is 4.07. The van der Waals surface area contributed by atoms with Crippen molar-refractivity contribution in [1.82, 2.24) is 15.1 Å². The van der Waals surface area contributed by atoms with Crippen LogP contribution < -0.4 is 5.32 Å². The minimum absolute atomic E-state index is 0. The maximum Gasteiger partial charge on any atom is 0.262 e. The van der Waals surface area contributed by atoms with Gasteiger partial charge in [-0.3, -0.25) is 15.0 Å². The molecule has 2 rings (SSSR count). The number of ether oxygens (including phenoxy) is 1. The molecule has 1 N–H and O–H groups in total. The Morgan fingerprint density at radius 2 is 2.05 bits per heavy atom. The van der Waals surface area contributed by atoms with Crippen LogP contribution in [0.15, 0.2) is 0 Å². The zero-order chi connectivity index (χ0) is 14.8. The number of carbonyl (C=O) groups is 1. The number of hydrogen-bond acceptors (Lipinski definition) is 4. The molecule has 0 aromatic rings. The first-order valence-electron chi connectivity index (χ1n) is 7.06. The Labute approximate surface area is 142 Å². The molecule has 0 bridgehead atoms. The average molecular weight is 364 g/mol. The van der Waals surface area contributed by atoms with Gasteiger partial charge in [0.2, 0.25) is 5.91 Å². The minimum Gasteiger partial charge on any atom is -0.383 e. The number of nitrogens with zero attached hydrogens (tertiary/aromatic N) is 2. The third-order valence-corrected chi connectivity index (χ3v) is 4.07. The van der Waals surface area contributed by atoms with Crippen LogP contribution in [-0.2, 0) is 9.53 Å². The Morgan fingerprint density at radius 3 is 2.55 bits per heavy atom. The third kappa shape index (κ3) is 5.45. The molecule has 2 fully saturated rings. The van der Waals surface area contributed by atoms with Gasteiger partial charge >= 0.3 is 0 Å². The quantitative estimate of drug-likeness (QED) is 0.809. The highest BCUT2D eigenvalue weighted by atomic mass is 35.5. The second-order valence-corrected chi connectivity index (χ2v) is 5.66. The van der Waals surface area contributed by atoms with Crippen molar-refractivity contribution in [2.75, 3.05) is 46.4 Å². The van der Waals surface area contributed by atoms with Gasteiger partial charge in [0.1, 0.15) is 0 Å². The summed E-state index contributed by atoms with van der Waals surface area (Å²) in [6.07, 6.45) is -0.385. The summed E-state index contributed by atoms with van der Waals surface area (Å²) < 4.78 is 31.3. The molecular weight excluding hydrogens is 339 g/mol. The number of amides is 1. The van der Waals surface area contributed by atoms with Gasteiger partial charge in [0.25, 0.3) is 5.92 Å². The predicted molar refractivity (Wildman–Crippen MR) is 85.3 cm³/mol. The number of hydrogen-bond donors (Lipinski definition) is 1. The van der Waals surface area contributed by atoms with E-state index in [1.807, 2.05) is 6.92 Å². The van der Waals surface area contributed by atoms with Gasteiger partial charge in [-0.15, -0.1) is 24.8 Å². The van der Waals surface area contributed by atoms with Crippen LogP contribution in [0.5, 0.6) is 0 Å². The molecule has 9 heteroatoms. The molecule has 0 spiro atoms. The Balaban J connectivity index is 0.00000220. The van der Waals surface area contributed by atoms with Gasteiger partial charge in [-0.1, -0.05) is 0 Å². The van der Waals surface area contributed by atoms with Crippen LogP contribution in [-0.4, -0.2) is 80.2 Å². The molecule has 2 saturated heterocycles. The normalized spacial score (nSPS) is 27.9. The van der Waals surface area contributed by atoms with E-state index in [0.29, 0.717) is 19.7 Å². The number of piperazine rings is 1. The predicted octanol–water partition coefficient (Wildman–Crippen LogP) is 1.01. The fourth-order valence-electron chi connectivity index (χ4n) is 2.85. The molecule has 0 aromatic heterocycles. The lowest BCUT2D eigenvalue weighted by Crippen LogP contribution is -2.57. The molecule has 1 amide bonds. The molecule has 2 unspecified atom stereocenters. The van der Waals surface area contributed by atoms with E-state index in [2.05, 4.69) is 10.2 Å². The fourth-order valence-corrected chi connectivity index (χ4v) is 2.85. The van der Waals surface area contributed by atoms with Gasteiger partial charge in [0.15, 0.2) is 0 Å². The molecular formula is C13H25Cl2F2N3O2. The van der Waals surface area contributed by atoms with E-state index in [0.717, 1.165) is 13.1 Å². The molecule has 2 atom stereocenters. The minimum atomic E-state index is -2.76. The van der Waals surface area contributed by atoms with Crippen molar-refractivity contribution in [3.8, 4) is 0 Å². The van der Waals surface area contributed by atoms with E-state index >= 15 is 0 Å². The lowest BCUT2D eigenvalue weighted by Gasteiger charge is -2.40. The van der Waals surface area contributed by atoms with Crippen molar-refractivity contribution in [3.63, 3.8) is 0 Å². The van der Waals surface area contributed by atoms with Crippen molar-refractivity contribution in [2.45, 2.75) is 31.4 Å². The highest BCUT2D eigenvalue weighted by molar-refractivity contribution is 5.85. The monoisotopic (exact) mass is 363 g/mol. The average Bonchev–Trinajstić information content (AvgIpc) is 2.77. The number of alkyl halides is 2. The van der Waals surface area contributed by atoms with Crippen molar-refractivity contribution in [1.29, 1.82) is 0 Å². The summed E-state index contributed by atoms with van der Waals surface area (Å²) in [6, 6.07) is -0.507. The van der Waals surface area contributed by atoms with Crippen molar-refractivity contribution in [2.24, 2.45) is 0 Å². The van der Waals surface area contributed by atoms with Crippen LogP contribution in [0.25, 0.3) is 0 Å². The summed E-state index contributed by atoms with van der Waals surface area (Å²) >= 11 is 0. The van der Waals surface area contributed by atoms with Gasteiger partial charge in [-0.25, -0.2) is 8.78 Å². The molecule has 0 aromatic carbocycles. The second-order valence-electron chi connectivity index (χ2n) is 5.66. The Hall–Kier alpha value is -0.210. The highest BCUT2D eigenvalue weighted by Gasteiger charge is 2.44. The lowest BCUT2D eigenvalue weighted by molar-refractivity contribution is -0.136. The maximum absolute atomic E-state index is 13.1. The maximum atomic E-state index is 13.1. The number of rotatable bonds is 4. The number of nitrogens with one attached hydrogen (secondary N) is 1.